The van der Waals surface area contributed by atoms with E-state index in [1.54, 1.807) is 33.3 Å². The Kier molecular flexibility index (Phi) is 5.06. The maximum Gasteiger partial charge on any atom is 0.225 e. The lowest BCUT2D eigenvalue weighted by atomic mass is 10.1. The Balaban J connectivity index is 2.74. The number of benzene rings is 1. The summed E-state index contributed by atoms with van der Waals surface area (Å²) in [5.41, 5.74) is 0.842. The fourth-order valence-electron chi connectivity index (χ4n) is 1.51. The van der Waals surface area contributed by atoms with Crippen LogP contribution in [0.1, 0.15) is 12.5 Å². The van der Waals surface area contributed by atoms with Crippen molar-refractivity contribution in [2.45, 2.75) is 19.4 Å². The fraction of sp³-hybridized carbons (Fsp3) is 0.357. The highest BCUT2D eigenvalue weighted by atomic mass is 16.5. The van der Waals surface area contributed by atoms with E-state index in [4.69, 9.17) is 15.9 Å². The predicted molar refractivity (Wildman–Crippen MR) is 69.7 cm³/mol. The summed E-state index contributed by atoms with van der Waals surface area (Å²) in [4.78, 5) is 11.7. The molecule has 0 radical (unpaired) electrons. The first-order valence-electron chi connectivity index (χ1n) is 5.57. The summed E-state index contributed by atoms with van der Waals surface area (Å²) in [5.74, 6) is 3.57. The molecule has 1 unspecified atom stereocenters. The Morgan fingerprint density at radius 3 is 2.61 bits per heavy atom. The van der Waals surface area contributed by atoms with Crippen molar-refractivity contribution in [3.8, 4) is 23.8 Å². The van der Waals surface area contributed by atoms with Crippen LogP contribution in [-0.2, 0) is 11.2 Å². The average Bonchev–Trinajstić information content (AvgIpc) is 2.38. The summed E-state index contributed by atoms with van der Waals surface area (Å²) in [6.45, 7) is 1.76. The number of carbonyl (C=O) groups excluding carboxylic acids is 1. The third-order valence-electron chi connectivity index (χ3n) is 2.44. The quantitative estimate of drug-likeness (QED) is 0.800. The highest BCUT2D eigenvalue weighted by Gasteiger charge is 2.09. The molecular formula is C14H17NO3. The van der Waals surface area contributed by atoms with Crippen LogP contribution in [0.3, 0.4) is 0 Å². The molecule has 0 spiro atoms. The van der Waals surface area contributed by atoms with E-state index in [1.807, 2.05) is 6.07 Å². The lowest BCUT2D eigenvalue weighted by Gasteiger charge is -2.10. The molecule has 0 aliphatic heterocycles. The zero-order valence-corrected chi connectivity index (χ0v) is 10.8. The van der Waals surface area contributed by atoms with Crippen LogP contribution in [0.5, 0.6) is 11.5 Å². The second-order valence-electron chi connectivity index (χ2n) is 3.82. The highest BCUT2D eigenvalue weighted by Crippen LogP contribution is 2.27. The number of hydrogen-bond acceptors (Lipinski definition) is 3. The molecule has 0 fully saturated rings. The van der Waals surface area contributed by atoms with E-state index in [2.05, 4.69) is 11.2 Å². The van der Waals surface area contributed by atoms with Gasteiger partial charge in [0, 0.05) is 0 Å². The molecule has 18 heavy (non-hydrogen) atoms. The molecule has 1 N–H and O–H groups in total. The summed E-state index contributed by atoms with van der Waals surface area (Å²) < 4.78 is 10.3. The minimum atomic E-state index is -0.266. The van der Waals surface area contributed by atoms with E-state index in [0.29, 0.717) is 11.5 Å². The lowest BCUT2D eigenvalue weighted by molar-refractivity contribution is -0.120. The van der Waals surface area contributed by atoms with E-state index in [1.165, 1.54) is 0 Å². The summed E-state index contributed by atoms with van der Waals surface area (Å²) in [6.07, 6.45) is 5.45. The minimum absolute atomic E-state index is 0.118. The molecule has 1 aromatic rings. The third-order valence-corrected chi connectivity index (χ3v) is 2.44. The first-order chi connectivity index (χ1) is 8.60. The third kappa shape index (κ3) is 3.70. The summed E-state index contributed by atoms with van der Waals surface area (Å²) >= 11 is 0. The number of nitrogens with one attached hydrogen (secondary N) is 1. The van der Waals surface area contributed by atoms with Crippen molar-refractivity contribution < 1.29 is 14.3 Å². The van der Waals surface area contributed by atoms with Gasteiger partial charge in [0.2, 0.25) is 5.91 Å². The second-order valence-corrected chi connectivity index (χ2v) is 3.82. The largest absolute Gasteiger partial charge is 0.493 e. The monoisotopic (exact) mass is 247 g/mol. The van der Waals surface area contributed by atoms with Gasteiger partial charge in [-0.05, 0) is 24.6 Å². The Labute approximate surface area is 107 Å². The van der Waals surface area contributed by atoms with Crippen molar-refractivity contribution in [2.75, 3.05) is 14.2 Å². The number of carbonyl (C=O) groups is 1. The molecule has 0 heterocycles. The van der Waals surface area contributed by atoms with E-state index >= 15 is 0 Å². The standard InChI is InChI=1S/C14H17NO3/c1-5-10(2)15-14(16)9-11-6-7-12(17-3)13(8-11)18-4/h1,6-8,10H,9H2,2-4H3,(H,15,16). The smallest absolute Gasteiger partial charge is 0.225 e. The fourth-order valence-corrected chi connectivity index (χ4v) is 1.51. The first-order valence-corrected chi connectivity index (χ1v) is 5.57. The zero-order valence-electron chi connectivity index (χ0n) is 10.8. The van der Waals surface area contributed by atoms with Crippen LogP contribution in [0.15, 0.2) is 18.2 Å². The molecule has 0 aliphatic rings. The van der Waals surface area contributed by atoms with Gasteiger partial charge in [-0.1, -0.05) is 12.0 Å². The number of rotatable bonds is 5. The number of hydrogen-bond donors (Lipinski definition) is 1. The normalized spacial score (nSPS) is 11.2. The van der Waals surface area contributed by atoms with Gasteiger partial charge in [0.1, 0.15) is 0 Å². The Bertz CT molecular complexity index is 463. The molecular weight excluding hydrogens is 230 g/mol. The number of terminal acetylenes is 1. The van der Waals surface area contributed by atoms with Crippen molar-refractivity contribution in [2.24, 2.45) is 0 Å². The number of amides is 1. The van der Waals surface area contributed by atoms with Crippen LogP contribution in [0.2, 0.25) is 0 Å². The molecule has 1 rings (SSSR count). The zero-order chi connectivity index (χ0) is 13.5. The topological polar surface area (TPSA) is 47.6 Å². The van der Waals surface area contributed by atoms with E-state index in [9.17, 15) is 4.79 Å². The number of ether oxygens (including phenoxy) is 2. The average molecular weight is 247 g/mol. The summed E-state index contributed by atoms with van der Waals surface area (Å²) in [6, 6.07) is 5.10. The molecule has 1 amide bonds. The van der Waals surface area contributed by atoms with Crippen molar-refractivity contribution in [1.29, 1.82) is 0 Å². The van der Waals surface area contributed by atoms with Gasteiger partial charge in [0.05, 0.1) is 26.7 Å². The van der Waals surface area contributed by atoms with Crippen LogP contribution in [-0.4, -0.2) is 26.2 Å². The predicted octanol–water partition coefficient (Wildman–Crippen LogP) is 1.38. The lowest BCUT2D eigenvalue weighted by Crippen LogP contribution is -2.32. The maximum atomic E-state index is 11.7. The second kappa shape index (κ2) is 6.55. The molecule has 96 valence electrons. The van der Waals surface area contributed by atoms with Crippen LogP contribution in [0.25, 0.3) is 0 Å². The molecule has 1 atom stereocenters. The van der Waals surface area contributed by atoms with Gasteiger partial charge in [0.15, 0.2) is 11.5 Å². The van der Waals surface area contributed by atoms with Crippen molar-refractivity contribution >= 4 is 5.91 Å². The Hall–Kier alpha value is -2.15. The minimum Gasteiger partial charge on any atom is -0.493 e. The van der Waals surface area contributed by atoms with Crippen LogP contribution < -0.4 is 14.8 Å². The Morgan fingerprint density at radius 2 is 2.06 bits per heavy atom. The van der Waals surface area contributed by atoms with Gasteiger partial charge in [-0.2, -0.15) is 0 Å². The highest BCUT2D eigenvalue weighted by molar-refractivity contribution is 5.79. The molecule has 1 aromatic carbocycles. The Morgan fingerprint density at radius 1 is 1.39 bits per heavy atom. The van der Waals surface area contributed by atoms with Crippen LogP contribution in [0, 0.1) is 12.3 Å². The van der Waals surface area contributed by atoms with Crippen molar-refractivity contribution in [1.82, 2.24) is 5.32 Å². The van der Waals surface area contributed by atoms with Gasteiger partial charge in [-0.15, -0.1) is 6.42 Å². The summed E-state index contributed by atoms with van der Waals surface area (Å²) in [5, 5.41) is 2.70. The van der Waals surface area contributed by atoms with Gasteiger partial charge in [-0.3, -0.25) is 4.79 Å². The maximum absolute atomic E-state index is 11.7. The summed E-state index contributed by atoms with van der Waals surface area (Å²) in [7, 11) is 3.13. The van der Waals surface area contributed by atoms with E-state index in [0.717, 1.165) is 5.56 Å². The number of methoxy groups -OCH3 is 2. The molecule has 0 saturated carbocycles. The SMILES string of the molecule is C#CC(C)NC(=O)Cc1ccc(OC)c(OC)c1. The van der Waals surface area contributed by atoms with Gasteiger partial charge < -0.3 is 14.8 Å². The molecule has 4 heteroatoms. The molecule has 0 aromatic heterocycles. The van der Waals surface area contributed by atoms with Crippen LogP contribution in [0.4, 0.5) is 0 Å². The van der Waals surface area contributed by atoms with Gasteiger partial charge >= 0.3 is 0 Å². The van der Waals surface area contributed by atoms with Crippen molar-refractivity contribution in [3.63, 3.8) is 0 Å². The molecule has 0 bridgehead atoms. The van der Waals surface area contributed by atoms with Gasteiger partial charge in [-0.25, -0.2) is 0 Å². The molecule has 0 saturated heterocycles. The first kappa shape index (κ1) is 13.9. The van der Waals surface area contributed by atoms with E-state index in [-0.39, 0.29) is 18.4 Å². The van der Waals surface area contributed by atoms with Crippen molar-refractivity contribution in [3.05, 3.63) is 23.8 Å². The van der Waals surface area contributed by atoms with Crippen LogP contribution >= 0.6 is 0 Å². The van der Waals surface area contributed by atoms with Gasteiger partial charge in [0.25, 0.3) is 0 Å². The molecule has 4 nitrogen and oxygen atoms in total. The molecule has 0 aliphatic carbocycles. The van der Waals surface area contributed by atoms with E-state index < -0.39 is 0 Å².